The molecule has 0 heterocycles. The van der Waals surface area contributed by atoms with Crippen molar-refractivity contribution >= 4 is 22.7 Å². The van der Waals surface area contributed by atoms with Gasteiger partial charge in [-0.15, -0.1) is 0 Å². The Morgan fingerprint density at radius 3 is 1.91 bits per heavy atom. The molecule has 0 aliphatic carbocycles. The van der Waals surface area contributed by atoms with Crippen LogP contribution in [0.1, 0.15) is 0 Å². The summed E-state index contributed by atoms with van der Waals surface area (Å²) in [6.07, 6.45) is 0. The van der Waals surface area contributed by atoms with Gasteiger partial charge in [0.15, 0.2) is 10.7 Å². The zero-order chi connectivity index (χ0) is 16.3. The molecule has 10 heteroatoms. The molecule has 0 aromatic heterocycles. The number of para-hydroxylation sites is 2. The number of nitro benzene ring substituents is 2. The van der Waals surface area contributed by atoms with Crippen molar-refractivity contribution in [1.29, 1.82) is 0 Å². The number of benzene rings is 2. The second kappa shape index (κ2) is 5.83. The molecule has 0 bridgehead atoms. The van der Waals surface area contributed by atoms with E-state index in [1.54, 1.807) is 6.07 Å². The van der Waals surface area contributed by atoms with Crippen LogP contribution in [0.2, 0.25) is 0 Å². The lowest BCUT2D eigenvalue weighted by atomic mass is 10.2. The molecule has 0 spiro atoms. The van der Waals surface area contributed by atoms with Crippen LogP contribution in [0.15, 0.2) is 48.5 Å². The van der Waals surface area contributed by atoms with E-state index < -0.39 is 31.9 Å². The molecule has 112 valence electrons. The van der Waals surface area contributed by atoms with Gasteiger partial charge in [-0.25, -0.2) is 10.1 Å². The van der Waals surface area contributed by atoms with Crippen molar-refractivity contribution in [1.82, 2.24) is 0 Å². The van der Waals surface area contributed by atoms with Gasteiger partial charge in [-0.05, 0) is 18.2 Å². The van der Waals surface area contributed by atoms with E-state index in [4.69, 9.17) is 0 Å². The van der Waals surface area contributed by atoms with Crippen molar-refractivity contribution in [2.45, 2.75) is 0 Å². The fraction of sp³-hybridized carbons (Fsp3) is 0. The third-order valence-corrected chi connectivity index (χ3v) is 2.76. The maximum absolute atomic E-state index is 11.3. The van der Waals surface area contributed by atoms with Crippen LogP contribution in [0.3, 0.4) is 0 Å². The van der Waals surface area contributed by atoms with Crippen molar-refractivity contribution in [2.75, 3.05) is 5.01 Å². The summed E-state index contributed by atoms with van der Waals surface area (Å²) in [5, 5.41) is 32.9. The maximum Gasteiger partial charge on any atom is 0.375 e. The van der Waals surface area contributed by atoms with Crippen molar-refractivity contribution < 1.29 is 14.9 Å². The lowest BCUT2D eigenvalue weighted by Gasteiger charge is -2.13. The van der Waals surface area contributed by atoms with E-state index in [1.165, 1.54) is 24.3 Å². The summed E-state index contributed by atoms with van der Waals surface area (Å²) in [7, 11) is 0. The second-order valence-electron chi connectivity index (χ2n) is 4.04. The van der Waals surface area contributed by atoms with Crippen LogP contribution in [0, 0.1) is 30.3 Å². The van der Waals surface area contributed by atoms with E-state index in [-0.39, 0.29) is 5.69 Å². The summed E-state index contributed by atoms with van der Waals surface area (Å²) in [5.41, 5.74) is -2.20. The molecule has 0 saturated heterocycles. The molecule has 10 nitrogen and oxygen atoms in total. The lowest BCUT2D eigenvalue weighted by molar-refractivity contribution is -0.485. The van der Waals surface area contributed by atoms with Crippen molar-refractivity contribution in [3.8, 4) is 0 Å². The van der Waals surface area contributed by atoms with E-state index in [0.29, 0.717) is 5.01 Å². The van der Waals surface area contributed by atoms with Gasteiger partial charge in [0, 0.05) is 6.07 Å². The van der Waals surface area contributed by atoms with E-state index in [2.05, 4.69) is 0 Å². The monoisotopic (exact) mass is 304 g/mol. The van der Waals surface area contributed by atoms with Gasteiger partial charge in [-0.3, -0.25) is 20.2 Å². The molecule has 0 saturated carbocycles. The SMILES string of the molecule is O=[N+]([O-])c1cccc(N(c2ccccc2)[N+](=O)[O-])c1[N+](=O)[O-]. The molecule has 0 unspecified atom stereocenters. The first-order chi connectivity index (χ1) is 10.4. The zero-order valence-electron chi connectivity index (χ0n) is 10.9. The van der Waals surface area contributed by atoms with E-state index in [1.807, 2.05) is 0 Å². The van der Waals surface area contributed by atoms with Crippen LogP contribution in [-0.2, 0) is 0 Å². The van der Waals surface area contributed by atoms with Gasteiger partial charge in [0.2, 0.25) is 0 Å². The Morgan fingerprint density at radius 1 is 0.773 bits per heavy atom. The van der Waals surface area contributed by atoms with Crippen molar-refractivity contribution in [3.05, 3.63) is 78.9 Å². The highest BCUT2D eigenvalue weighted by Crippen LogP contribution is 2.39. The highest BCUT2D eigenvalue weighted by atomic mass is 16.7. The number of hydrazine groups is 1. The van der Waals surface area contributed by atoms with Gasteiger partial charge in [-0.1, -0.05) is 29.3 Å². The van der Waals surface area contributed by atoms with Crippen LogP contribution in [0.4, 0.5) is 22.7 Å². The lowest BCUT2D eigenvalue weighted by Crippen LogP contribution is -2.25. The van der Waals surface area contributed by atoms with Gasteiger partial charge in [0.25, 0.3) is 0 Å². The summed E-state index contributed by atoms with van der Waals surface area (Å²) in [4.78, 5) is 31.4. The molecule has 0 radical (unpaired) electrons. The highest BCUT2D eigenvalue weighted by molar-refractivity contribution is 5.76. The number of anilines is 2. The van der Waals surface area contributed by atoms with E-state index >= 15 is 0 Å². The molecule has 0 N–H and O–H groups in total. The Labute approximate surface area is 122 Å². The predicted octanol–water partition coefficient (Wildman–Crippen LogP) is 2.83. The van der Waals surface area contributed by atoms with Crippen LogP contribution in [0.25, 0.3) is 0 Å². The third-order valence-electron chi connectivity index (χ3n) is 2.76. The number of hydrogen-bond donors (Lipinski definition) is 0. The number of rotatable bonds is 5. The number of nitro groups is 3. The molecule has 0 fully saturated rings. The minimum Gasteiger partial charge on any atom is -0.258 e. The van der Waals surface area contributed by atoms with Gasteiger partial charge < -0.3 is 0 Å². The average molecular weight is 304 g/mol. The molecular weight excluding hydrogens is 296 g/mol. The smallest absolute Gasteiger partial charge is 0.258 e. The second-order valence-corrected chi connectivity index (χ2v) is 4.04. The quantitative estimate of drug-likeness (QED) is 0.612. The van der Waals surface area contributed by atoms with Gasteiger partial charge in [-0.2, -0.15) is 0 Å². The molecule has 2 rings (SSSR count). The first-order valence-corrected chi connectivity index (χ1v) is 5.84. The molecule has 22 heavy (non-hydrogen) atoms. The third kappa shape index (κ3) is 2.65. The zero-order valence-corrected chi connectivity index (χ0v) is 10.9. The van der Waals surface area contributed by atoms with Crippen LogP contribution in [0.5, 0.6) is 0 Å². The Morgan fingerprint density at radius 2 is 1.41 bits per heavy atom. The van der Waals surface area contributed by atoms with Crippen LogP contribution < -0.4 is 5.01 Å². The first kappa shape index (κ1) is 14.8. The van der Waals surface area contributed by atoms with Gasteiger partial charge >= 0.3 is 11.4 Å². The highest BCUT2D eigenvalue weighted by Gasteiger charge is 2.36. The summed E-state index contributed by atoms with van der Waals surface area (Å²) in [5.74, 6) is 0. The fourth-order valence-electron chi connectivity index (χ4n) is 1.92. The minimum atomic E-state index is -1.01. The van der Waals surface area contributed by atoms with Crippen molar-refractivity contribution in [2.24, 2.45) is 0 Å². The van der Waals surface area contributed by atoms with Crippen LogP contribution in [-0.4, -0.2) is 14.9 Å². The average Bonchev–Trinajstić information content (AvgIpc) is 2.47. The Hall–Kier alpha value is -3.56. The molecular formula is C12H8N4O6. The summed E-state index contributed by atoms with van der Waals surface area (Å²) in [6, 6.07) is 10.5. The largest absolute Gasteiger partial charge is 0.375 e. The van der Waals surface area contributed by atoms with E-state index in [9.17, 15) is 30.3 Å². The predicted molar refractivity (Wildman–Crippen MR) is 75.3 cm³/mol. The maximum atomic E-state index is 11.3. The normalized spacial score (nSPS) is 10.0. The Bertz CT molecular complexity index is 749. The fourth-order valence-corrected chi connectivity index (χ4v) is 1.92. The summed E-state index contributed by atoms with van der Waals surface area (Å²) < 4.78 is 0. The summed E-state index contributed by atoms with van der Waals surface area (Å²) >= 11 is 0. The number of nitrogens with zero attached hydrogens (tertiary/aromatic N) is 4. The summed E-state index contributed by atoms with van der Waals surface area (Å²) in [6.45, 7) is 0. The van der Waals surface area contributed by atoms with E-state index in [0.717, 1.165) is 18.2 Å². The molecule has 0 atom stereocenters. The van der Waals surface area contributed by atoms with Gasteiger partial charge in [0.05, 0.1) is 9.85 Å². The molecule has 2 aromatic carbocycles. The van der Waals surface area contributed by atoms with Gasteiger partial charge in [0.1, 0.15) is 5.69 Å². The van der Waals surface area contributed by atoms with Crippen molar-refractivity contribution in [3.63, 3.8) is 0 Å². The topological polar surface area (TPSA) is 133 Å². The molecule has 0 amide bonds. The standard InChI is InChI=1S/C12H8N4O6/c17-14(18)11-8-4-7-10(12(11)15(19)20)13(16(21)22)9-5-2-1-3-6-9/h1-8H. The minimum absolute atomic E-state index is 0.0381. The Balaban J connectivity index is 2.73. The molecule has 0 aliphatic rings. The Kier molecular flexibility index (Phi) is 3.93. The van der Waals surface area contributed by atoms with Crippen LogP contribution >= 0.6 is 0 Å². The number of hydrogen-bond acceptors (Lipinski definition) is 6. The molecule has 0 aliphatic heterocycles. The first-order valence-electron chi connectivity index (χ1n) is 5.84. The molecule has 2 aromatic rings.